The van der Waals surface area contributed by atoms with E-state index in [-0.39, 0.29) is 24.0 Å². The summed E-state index contributed by atoms with van der Waals surface area (Å²) in [7, 11) is 0. The summed E-state index contributed by atoms with van der Waals surface area (Å²) in [5.41, 5.74) is 0. The van der Waals surface area contributed by atoms with Crippen molar-refractivity contribution in [3.05, 3.63) is 0 Å². The van der Waals surface area contributed by atoms with Crippen LogP contribution in [0.5, 0.6) is 0 Å². The Morgan fingerprint density at radius 1 is 1.36 bits per heavy atom. The monoisotopic (exact) mass is 202 g/mol. The second-order valence-corrected chi connectivity index (χ2v) is 5.02. The molecule has 0 aromatic carbocycles. The summed E-state index contributed by atoms with van der Waals surface area (Å²) < 4.78 is 26.8. The average molecular weight is 202 g/mol. The fourth-order valence-corrected chi connectivity index (χ4v) is 2.99. The van der Waals surface area contributed by atoms with Gasteiger partial charge >= 0.3 is 0 Å². The van der Waals surface area contributed by atoms with Gasteiger partial charge in [0, 0.05) is 24.7 Å². The summed E-state index contributed by atoms with van der Waals surface area (Å²) in [6, 6.07) is 0. The van der Waals surface area contributed by atoms with Crippen LogP contribution in [0.3, 0.4) is 0 Å². The first-order valence-electron chi connectivity index (χ1n) is 5.32. The summed E-state index contributed by atoms with van der Waals surface area (Å²) in [5, 5.41) is 0. The number of rotatable bonds is 0. The highest BCUT2D eigenvalue weighted by molar-refractivity contribution is 5.84. The number of Topliss-reactive ketones (excluding diaryl/α,β-unsaturated/α-hetero) is 1. The third-order valence-corrected chi connectivity index (χ3v) is 4.02. The molecule has 1 nitrogen and oxygen atoms in total. The molecule has 80 valence electrons. The van der Waals surface area contributed by atoms with Crippen LogP contribution in [0.1, 0.15) is 33.1 Å². The molecule has 2 rings (SSSR count). The third-order valence-electron chi connectivity index (χ3n) is 4.02. The van der Waals surface area contributed by atoms with E-state index >= 15 is 0 Å². The van der Waals surface area contributed by atoms with Gasteiger partial charge in [0.25, 0.3) is 5.92 Å². The van der Waals surface area contributed by atoms with Gasteiger partial charge in [-0.15, -0.1) is 0 Å². The van der Waals surface area contributed by atoms with E-state index in [2.05, 4.69) is 0 Å². The zero-order valence-electron chi connectivity index (χ0n) is 8.59. The first kappa shape index (κ1) is 10.1. The van der Waals surface area contributed by atoms with Crippen molar-refractivity contribution in [2.24, 2.45) is 23.7 Å². The van der Waals surface area contributed by atoms with Crippen LogP contribution in [0.4, 0.5) is 8.78 Å². The Labute approximate surface area is 82.9 Å². The summed E-state index contributed by atoms with van der Waals surface area (Å²) in [4.78, 5) is 11.5. The fourth-order valence-electron chi connectivity index (χ4n) is 2.99. The first-order chi connectivity index (χ1) is 6.42. The Hall–Kier alpha value is -0.470. The van der Waals surface area contributed by atoms with Gasteiger partial charge in [-0.2, -0.15) is 0 Å². The van der Waals surface area contributed by atoms with Crippen molar-refractivity contribution >= 4 is 5.78 Å². The van der Waals surface area contributed by atoms with Gasteiger partial charge in [0.15, 0.2) is 0 Å². The van der Waals surface area contributed by atoms with E-state index in [0.29, 0.717) is 18.8 Å². The molecular formula is C11H16F2O. The highest BCUT2D eigenvalue weighted by atomic mass is 19.3. The topological polar surface area (TPSA) is 17.1 Å². The number of alkyl halides is 2. The Kier molecular flexibility index (Phi) is 2.16. The lowest BCUT2D eigenvalue weighted by molar-refractivity contribution is -0.136. The first-order valence-corrected chi connectivity index (χ1v) is 5.32. The minimum atomic E-state index is -2.62. The summed E-state index contributed by atoms with van der Waals surface area (Å²) in [5.74, 6) is -2.94. The molecule has 2 aliphatic rings. The lowest BCUT2D eigenvalue weighted by Gasteiger charge is -2.37. The number of carbonyl (C=O) groups is 1. The van der Waals surface area contributed by atoms with Crippen molar-refractivity contribution in [3.63, 3.8) is 0 Å². The average Bonchev–Trinajstić information content (AvgIpc) is 2.30. The minimum Gasteiger partial charge on any atom is -0.299 e. The Balaban J connectivity index is 2.20. The van der Waals surface area contributed by atoms with E-state index in [1.54, 1.807) is 6.92 Å². The van der Waals surface area contributed by atoms with Crippen molar-refractivity contribution in [1.82, 2.24) is 0 Å². The number of halogens is 2. The SMILES string of the molecule is CC1CC(=O)C2CC(F)(F)C(C)CC12. The van der Waals surface area contributed by atoms with Gasteiger partial charge in [-0.25, -0.2) is 8.78 Å². The van der Waals surface area contributed by atoms with Gasteiger partial charge in [-0.1, -0.05) is 13.8 Å². The predicted molar refractivity (Wildman–Crippen MR) is 49.1 cm³/mol. The Bertz CT molecular complexity index is 262. The molecule has 2 fully saturated rings. The normalized spacial score (nSPS) is 46.4. The van der Waals surface area contributed by atoms with Crippen molar-refractivity contribution < 1.29 is 13.6 Å². The van der Waals surface area contributed by atoms with Gasteiger partial charge in [0.05, 0.1) is 0 Å². The third kappa shape index (κ3) is 1.37. The molecule has 0 amide bonds. The van der Waals surface area contributed by atoms with E-state index in [9.17, 15) is 13.6 Å². The molecule has 4 atom stereocenters. The maximum absolute atomic E-state index is 13.4. The molecule has 0 radical (unpaired) electrons. The van der Waals surface area contributed by atoms with E-state index < -0.39 is 11.8 Å². The van der Waals surface area contributed by atoms with Crippen LogP contribution >= 0.6 is 0 Å². The van der Waals surface area contributed by atoms with Gasteiger partial charge in [-0.05, 0) is 18.3 Å². The predicted octanol–water partition coefficient (Wildman–Crippen LogP) is 2.89. The molecule has 0 spiro atoms. The molecule has 0 aliphatic heterocycles. The maximum atomic E-state index is 13.4. The highest BCUT2D eigenvalue weighted by Crippen LogP contribution is 2.51. The quantitative estimate of drug-likeness (QED) is 0.590. The number of fused-ring (bicyclic) bond motifs is 1. The summed E-state index contributed by atoms with van der Waals surface area (Å²) >= 11 is 0. The largest absolute Gasteiger partial charge is 0.299 e. The fraction of sp³-hybridized carbons (Fsp3) is 0.909. The smallest absolute Gasteiger partial charge is 0.251 e. The van der Waals surface area contributed by atoms with Crippen LogP contribution < -0.4 is 0 Å². The van der Waals surface area contributed by atoms with Crippen LogP contribution in [-0.4, -0.2) is 11.7 Å². The maximum Gasteiger partial charge on any atom is 0.251 e. The van der Waals surface area contributed by atoms with E-state index in [0.717, 1.165) is 0 Å². The van der Waals surface area contributed by atoms with Crippen LogP contribution in [0.15, 0.2) is 0 Å². The number of carbonyl (C=O) groups excluding carboxylic acids is 1. The molecule has 4 unspecified atom stereocenters. The van der Waals surface area contributed by atoms with Crippen LogP contribution in [0.25, 0.3) is 0 Å². The van der Waals surface area contributed by atoms with Crippen LogP contribution in [-0.2, 0) is 4.79 Å². The molecule has 2 saturated carbocycles. The van der Waals surface area contributed by atoms with Crippen LogP contribution in [0.2, 0.25) is 0 Å². The van der Waals surface area contributed by atoms with Crippen LogP contribution in [0, 0.1) is 23.7 Å². The molecule has 3 heteroatoms. The summed E-state index contributed by atoms with van der Waals surface area (Å²) in [6.45, 7) is 3.62. The van der Waals surface area contributed by atoms with Crippen molar-refractivity contribution in [3.8, 4) is 0 Å². The van der Waals surface area contributed by atoms with Gasteiger partial charge in [0.2, 0.25) is 0 Å². The molecule has 0 N–H and O–H groups in total. The number of hydrogen-bond acceptors (Lipinski definition) is 1. The lowest BCUT2D eigenvalue weighted by Crippen LogP contribution is -2.39. The molecule has 14 heavy (non-hydrogen) atoms. The second-order valence-electron chi connectivity index (χ2n) is 5.02. The van der Waals surface area contributed by atoms with E-state index in [1.807, 2.05) is 6.92 Å². The molecule has 0 saturated heterocycles. The molecule has 2 aliphatic carbocycles. The van der Waals surface area contributed by atoms with Crippen molar-refractivity contribution in [1.29, 1.82) is 0 Å². The van der Waals surface area contributed by atoms with Gasteiger partial charge in [0.1, 0.15) is 5.78 Å². The van der Waals surface area contributed by atoms with Crippen molar-refractivity contribution in [2.45, 2.75) is 39.0 Å². The van der Waals surface area contributed by atoms with E-state index in [4.69, 9.17) is 0 Å². The minimum absolute atomic E-state index is 0.0640. The Morgan fingerprint density at radius 3 is 2.64 bits per heavy atom. The summed E-state index contributed by atoms with van der Waals surface area (Å²) in [6.07, 6.45) is 0.824. The zero-order valence-corrected chi connectivity index (χ0v) is 8.59. The number of ketones is 1. The van der Waals surface area contributed by atoms with Gasteiger partial charge in [-0.3, -0.25) is 4.79 Å². The van der Waals surface area contributed by atoms with Crippen molar-refractivity contribution in [2.75, 3.05) is 0 Å². The molecular weight excluding hydrogens is 186 g/mol. The molecule has 0 bridgehead atoms. The highest BCUT2D eigenvalue weighted by Gasteiger charge is 2.53. The number of hydrogen-bond donors (Lipinski definition) is 0. The van der Waals surface area contributed by atoms with E-state index in [1.165, 1.54) is 0 Å². The molecule has 0 aromatic rings. The second kappa shape index (κ2) is 3.01. The molecule has 0 aromatic heterocycles. The standard InChI is InChI=1S/C11H16F2O/c1-6-3-10(14)9-5-11(12,13)7(2)4-8(6)9/h6-9H,3-5H2,1-2H3. The zero-order chi connectivity index (χ0) is 10.5. The molecule has 0 heterocycles. The Morgan fingerprint density at radius 2 is 2.00 bits per heavy atom. The lowest BCUT2D eigenvalue weighted by atomic mass is 9.72. The van der Waals surface area contributed by atoms with Gasteiger partial charge < -0.3 is 0 Å².